The van der Waals surface area contributed by atoms with Crippen LogP contribution < -0.4 is 0 Å². The van der Waals surface area contributed by atoms with E-state index in [4.69, 9.17) is 0 Å². The third-order valence-corrected chi connectivity index (χ3v) is 5.69. The van der Waals surface area contributed by atoms with Gasteiger partial charge in [0.25, 0.3) is 0 Å². The fourth-order valence-electron chi connectivity index (χ4n) is 4.40. The topological polar surface area (TPSA) is 37.3 Å². The summed E-state index contributed by atoms with van der Waals surface area (Å²) in [6, 6.07) is 14.1. The van der Waals surface area contributed by atoms with E-state index in [2.05, 4.69) is 24.3 Å². The number of carbonyl (C=O) groups is 1. The lowest BCUT2D eigenvalue weighted by molar-refractivity contribution is -0.937. The van der Waals surface area contributed by atoms with Gasteiger partial charge < -0.3 is 9.59 Å². The van der Waals surface area contributed by atoms with E-state index >= 15 is 0 Å². The Morgan fingerprint density at radius 1 is 1.00 bits per heavy atom. The monoisotopic (exact) mass is 352 g/mol. The van der Waals surface area contributed by atoms with E-state index in [0.717, 1.165) is 40.8 Å². The van der Waals surface area contributed by atoms with Crippen molar-refractivity contribution >= 4 is 5.78 Å². The van der Waals surface area contributed by atoms with Crippen molar-refractivity contribution in [3.63, 3.8) is 0 Å². The number of hydrogen-bond donors (Lipinski definition) is 1. The molecule has 1 saturated heterocycles. The number of phenols is 1. The normalized spacial score (nSPS) is 16.4. The van der Waals surface area contributed by atoms with Gasteiger partial charge in [0.05, 0.1) is 13.1 Å². The predicted octanol–water partition coefficient (Wildman–Crippen LogP) is 4.32. The van der Waals surface area contributed by atoms with Crippen LogP contribution in [0, 0.1) is 13.8 Å². The van der Waals surface area contributed by atoms with Crippen LogP contribution in [-0.4, -0.2) is 35.0 Å². The molecule has 0 spiro atoms. The molecule has 2 aromatic carbocycles. The Bertz CT molecular complexity index is 738. The van der Waals surface area contributed by atoms with Crippen molar-refractivity contribution in [1.82, 2.24) is 0 Å². The van der Waals surface area contributed by atoms with E-state index in [1.54, 1.807) is 12.1 Å². The first-order chi connectivity index (χ1) is 12.5. The number of rotatable bonds is 6. The summed E-state index contributed by atoms with van der Waals surface area (Å²) in [4.78, 5) is 13.0. The molecule has 0 bridgehead atoms. The van der Waals surface area contributed by atoms with E-state index in [1.165, 1.54) is 24.8 Å². The van der Waals surface area contributed by atoms with Crippen LogP contribution in [0.25, 0.3) is 0 Å². The average molecular weight is 352 g/mol. The average Bonchev–Trinajstić information content (AvgIpc) is 2.59. The standard InChI is InChI=1S/C23H29NO2/c1-18-13-21(25)14-19(2)23(18)15-22(26)17-24(11-7-4-8-12-24)16-20-9-5-3-6-10-20/h3,5-6,9-10,13-14H,4,7-8,11-12,15-17H2,1-2H3/p+1. The van der Waals surface area contributed by atoms with Crippen molar-refractivity contribution in [3.05, 3.63) is 64.7 Å². The second kappa shape index (κ2) is 8.05. The van der Waals surface area contributed by atoms with Gasteiger partial charge in [-0.15, -0.1) is 0 Å². The van der Waals surface area contributed by atoms with E-state index < -0.39 is 0 Å². The molecule has 1 N–H and O–H groups in total. The van der Waals surface area contributed by atoms with E-state index in [0.29, 0.717) is 18.7 Å². The molecule has 0 aromatic heterocycles. The van der Waals surface area contributed by atoms with Crippen LogP contribution in [0.5, 0.6) is 5.75 Å². The summed E-state index contributed by atoms with van der Waals surface area (Å²) in [5.41, 5.74) is 4.40. The Morgan fingerprint density at radius 3 is 2.23 bits per heavy atom. The van der Waals surface area contributed by atoms with Gasteiger partial charge in [0.15, 0.2) is 5.78 Å². The van der Waals surface area contributed by atoms with Crippen LogP contribution in [-0.2, 0) is 17.8 Å². The molecule has 1 aliphatic heterocycles. The minimum Gasteiger partial charge on any atom is -0.508 e. The van der Waals surface area contributed by atoms with Gasteiger partial charge in [-0.05, 0) is 61.9 Å². The Balaban J connectivity index is 1.76. The molecular formula is C23H30NO2+. The summed E-state index contributed by atoms with van der Waals surface area (Å²) in [7, 11) is 0. The van der Waals surface area contributed by atoms with Crippen LogP contribution in [0.3, 0.4) is 0 Å². The van der Waals surface area contributed by atoms with Gasteiger partial charge in [0.2, 0.25) is 0 Å². The second-order valence-electron chi connectivity index (χ2n) is 7.92. The molecule has 1 aliphatic rings. The molecule has 0 saturated carbocycles. The van der Waals surface area contributed by atoms with Gasteiger partial charge >= 0.3 is 0 Å². The number of nitrogens with zero attached hydrogens (tertiary/aromatic N) is 1. The molecule has 3 rings (SSSR count). The molecule has 3 nitrogen and oxygen atoms in total. The number of carbonyl (C=O) groups excluding carboxylic acids is 1. The van der Waals surface area contributed by atoms with Crippen molar-refractivity contribution in [2.75, 3.05) is 19.6 Å². The third-order valence-electron chi connectivity index (χ3n) is 5.69. The first-order valence-corrected chi connectivity index (χ1v) is 9.67. The molecule has 0 aliphatic carbocycles. The minimum absolute atomic E-state index is 0.278. The van der Waals surface area contributed by atoms with Crippen LogP contribution in [0.15, 0.2) is 42.5 Å². The van der Waals surface area contributed by atoms with Crippen LogP contribution in [0.1, 0.15) is 41.5 Å². The van der Waals surface area contributed by atoms with E-state index in [-0.39, 0.29) is 5.75 Å². The highest BCUT2D eigenvalue weighted by atomic mass is 16.3. The Kier molecular flexibility index (Phi) is 5.77. The molecule has 138 valence electrons. The first-order valence-electron chi connectivity index (χ1n) is 9.67. The molecule has 3 heteroatoms. The highest BCUT2D eigenvalue weighted by molar-refractivity contribution is 5.82. The minimum atomic E-state index is 0.278. The molecule has 1 heterocycles. The number of quaternary nitrogens is 1. The number of ketones is 1. The summed E-state index contributed by atoms with van der Waals surface area (Å²) in [6.07, 6.45) is 4.15. The zero-order chi connectivity index (χ0) is 18.6. The number of piperidine rings is 1. The third kappa shape index (κ3) is 4.53. The molecule has 0 unspecified atom stereocenters. The smallest absolute Gasteiger partial charge is 0.191 e. The molecule has 2 aromatic rings. The number of likely N-dealkylation sites (tertiary alicyclic amines) is 1. The predicted molar refractivity (Wildman–Crippen MR) is 105 cm³/mol. The van der Waals surface area contributed by atoms with Crippen LogP contribution >= 0.6 is 0 Å². The molecule has 1 fully saturated rings. The number of hydrogen-bond acceptors (Lipinski definition) is 2. The summed E-state index contributed by atoms with van der Waals surface area (Å²) in [5.74, 6) is 0.583. The lowest BCUT2D eigenvalue weighted by atomic mass is 9.96. The Labute approximate surface area is 156 Å². The highest BCUT2D eigenvalue weighted by Crippen LogP contribution is 2.25. The van der Waals surface area contributed by atoms with Gasteiger partial charge in [-0.25, -0.2) is 0 Å². The number of benzene rings is 2. The summed E-state index contributed by atoms with van der Waals surface area (Å²) >= 11 is 0. The summed E-state index contributed by atoms with van der Waals surface area (Å²) in [6.45, 7) is 7.69. The maximum Gasteiger partial charge on any atom is 0.191 e. The lowest BCUT2D eigenvalue weighted by Gasteiger charge is -2.41. The van der Waals surface area contributed by atoms with Crippen molar-refractivity contribution in [2.45, 2.75) is 46.1 Å². The van der Waals surface area contributed by atoms with Crippen LogP contribution in [0.4, 0.5) is 0 Å². The van der Waals surface area contributed by atoms with Crippen molar-refractivity contribution in [2.24, 2.45) is 0 Å². The van der Waals surface area contributed by atoms with Crippen molar-refractivity contribution in [3.8, 4) is 5.75 Å². The number of aromatic hydroxyl groups is 1. The second-order valence-corrected chi connectivity index (χ2v) is 7.92. The Morgan fingerprint density at radius 2 is 1.62 bits per heavy atom. The first kappa shape index (κ1) is 18.7. The van der Waals surface area contributed by atoms with Gasteiger partial charge in [-0.3, -0.25) is 4.79 Å². The number of Topliss-reactive ketones (excluding diaryl/α,β-unsaturated/α-hetero) is 1. The van der Waals surface area contributed by atoms with Gasteiger partial charge in [0, 0.05) is 12.0 Å². The molecular weight excluding hydrogens is 322 g/mol. The van der Waals surface area contributed by atoms with Crippen molar-refractivity contribution < 1.29 is 14.4 Å². The fourth-order valence-corrected chi connectivity index (χ4v) is 4.40. The summed E-state index contributed by atoms with van der Waals surface area (Å²) in [5, 5.41) is 9.73. The van der Waals surface area contributed by atoms with E-state index in [9.17, 15) is 9.90 Å². The zero-order valence-corrected chi connectivity index (χ0v) is 16.0. The van der Waals surface area contributed by atoms with Gasteiger partial charge in [-0.1, -0.05) is 30.3 Å². The number of phenolic OH excluding ortho intramolecular Hbond substituents is 1. The molecule has 0 amide bonds. The largest absolute Gasteiger partial charge is 0.508 e. The van der Waals surface area contributed by atoms with E-state index in [1.807, 2.05) is 19.9 Å². The maximum atomic E-state index is 13.0. The zero-order valence-electron chi connectivity index (χ0n) is 16.0. The fraction of sp³-hybridized carbons (Fsp3) is 0.435. The summed E-state index contributed by atoms with van der Waals surface area (Å²) < 4.78 is 0.888. The lowest BCUT2D eigenvalue weighted by Crippen LogP contribution is -2.53. The van der Waals surface area contributed by atoms with Crippen molar-refractivity contribution in [1.29, 1.82) is 0 Å². The SMILES string of the molecule is Cc1cc(O)cc(C)c1CC(=O)C[N+]1(Cc2ccccc2)CCCCC1. The van der Waals surface area contributed by atoms with Gasteiger partial charge in [-0.2, -0.15) is 0 Å². The maximum absolute atomic E-state index is 13.0. The van der Waals surface area contributed by atoms with Gasteiger partial charge in [0.1, 0.15) is 18.8 Å². The molecule has 26 heavy (non-hydrogen) atoms. The Hall–Kier alpha value is -2.13. The quantitative estimate of drug-likeness (QED) is 0.786. The number of aryl methyl sites for hydroxylation is 2. The molecule has 0 atom stereocenters. The highest BCUT2D eigenvalue weighted by Gasteiger charge is 2.32. The molecule has 0 radical (unpaired) electrons. The van der Waals surface area contributed by atoms with Crippen LogP contribution in [0.2, 0.25) is 0 Å².